The Labute approximate surface area is 229 Å². The molecule has 5 aromatic rings. The number of ether oxygens (including phenoxy) is 1. The molecule has 0 aliphatic heterocycles. The zero-order valence-electron chi connectivity index (χ0n) is 21.9. The number of carbonyl (C=O) groups is 1. The highest BCUT2D eigenvalue weighted by Gasteiger charge is 2.38. The summed E-state index contributed by atoms with van der Waals surface area (Å²) in [4.78, 5) is 17.1. The van der Waals surface area contributed by atoms with Gasteiger partial charge in [-0.25, -0.2) is 4.98 Å². The average molecular weight is 513 g/mol. The van der Waals surface area contributed by atoms with Crippen molar-refractivity contribution in [2.24, 2.45) is 5.92 Å². The molecule has 1 aromatic heterocycles. The van der Waals surface area contributed by atoms with Gasteiger partial charge < -0.3 is 9.30 Å². The van der Waals surface area contributed by atoms with Crippen molar-refractivity contribution in [2.45, 2.75) is 31.2 Å². The van der Waals surface area contributed by atoms with Crippen molar-refractivity contribution < 1.29 is 9.53 Å². The molecular weight excluding hydrogens is 480 g/mol. The number of benzene rings is 4. The Balaban J connectivity index is 1.22. The number of carbonyl (C=O) groups excluding carboxylic acids is 1. The zero-order valence-corrected chi connectivity index (χ0v) is 21.9. The molecule has 0 saturated heterocycles. The lowest BCUT2D eigenvalue weighted by molar-refractivity contribution is 0.0967. The van der Waals surface area contributed by atoms with Gasteiger partial charge in [0.1, 0.15) is 11.3 Å². The van der Waals surface area contributed by atoms with E-state index in [2.05, 4.69) is 102 Å². The van der Waals surface area contributed by atoms with Gasteiger partial charge in [0.15, 0.2) is 5.78 Å². The first-order valence-corrected chi connectivity index (χ1v) is 13.7. The molecule has 6 rings (SSSR count). The first-order valence-electron chi connectivity index (χ1n) is 13.7. The first-order chi connectivity index (χ1) is 19.2. The molecule has 0 radical (unpaired) electrons. The summed E-state index contributed by atoms with van der Waals surface area (Å²) in [7, 11) is 0. The van der Waals surface area contributed by atoms with Crippen LogP contribution in [0.5, 0.6) is 5.75 Å². The molecule has 39 heavy (non-hydrogen) atoms. The second-order valence-corrected chi connectivity index (χ2v) is 10.2. The van der Waals surface area contributed by atoms with E-state index in [0.29, 0.717) is 6.61 Å². The van der Waals surface area contributed by atoms with Gasteiger partial charge in [0.2, 0.25) is 0 Å². The van der Waals surface area contributed by atoms with Crippen LogP contribution in [0, 0.1) is 5.92 Å². The Morgan fingerprint density at radius 2 is 1.31 bits per heavy atom. The van der Waals surface area contributed by atoms with E-state index < -0.39 is 5.54 Å². The van der Waals surface area contributed by atoms with Gasteiger partial charge in [-0.1, -0.05) is 91.0 Å². The van der Waals surface area contributed by atoms with Crippen LogP contribution in [0.1, 0.15) is 52.0 Å². The van der Waals surface area contributed by atoms with E-state index in [1.54, 1.807) is 0 Å². The van der Waals surface area contributed by atoms with Gasteiger partial charge in [-0.15, -0.1) is 0 Å². The first kappa shape index (κ1) is 24.9. The predicted octanol–water partition coefficient (Wildman–Crippen LogP) is 7.33. The number of ketones is 1. The molecule has 4 aromatic carbocycles. The number of hydrogen-bond donors (Lipinski definition) is 0. The Hall–Kier alpha value is -4.44. The van der Waals surface area contributed by atoms with Crippen molar-refractivity contribution >= 4 is 5.78 Å². The lowest BCUT2D eigenvalue weighted by Gasteiger charge is -2.37. The van der Waals surface area contributed by atoms with Crippen molar-refractivity contribution in [3.63, 3.8) is 0 Å². The quantitative estimate of drug-likeness (QED) is 0.106. The van der Waals surface area contributed by atoms with Crippen LogP contribution in [0.25, 0.3) is 0 Å². The van der Waals surface area contributed by atoms with Crippen LogP contribution in [0.4, 0.5) is 0 Å². The molecule has 0 unspecified atom stereocenters. The fraction of sp³-hybridized carbons (Fsp3) is 0.200. The van der Waals surface area contributed by atoms with Crippen LogP contribution in [0.15, 0.2) is 128 Å². The van der Waals surface area contributed by atoms with E-state index in [0.717, 1.165) is 42.7 Å². The van der Waals surface area contributed by atoms with Crippen LogP contribution in [0.2, 0.25) is 0 Å². The summed E-state index contributed by atoms with van der Waals surface area (Å²) in [5.74, 6) is 1.29. The van der Waals surface area contributed by atoms with E-state index in [9.17, 15) is 4.79 Å². The van der Waals surface area contributed by atoms with E-state index >= 15 is 0 Å². The van der Waals surface area contributed by atoms with Gasteiger partial charge in [-0.2, -0.15) is 0 Å². The summed E-state index contributed by atoms with van der Waals surface area (Å²) in [6.07, 6.45) is 7.82. The molecule has 0 atom stereocenters. The minimum Gasteiger partial charge on any atom is -0.494 e. The van der Waals surface area contributed by atoms with Crippen molar-refractivity contribution in [3.8, 4) is 5.75 Å². The normalized spacial score (nSPS) is 13.2. The van der Waals surface area contributed by atoms with E-state index in [4.69, 9.17) is 9.72 Å². The minimum absolute atomic E-state index is 0.237. The van der Waals surface area contributed by atoms with E-state index in [1.165, 1.54) is 16.7 Å². The number of nitrogens with zero attached hydrogens (tertiary/aromatic N) is 2. The van der Waals surface area contributed by atoms with Crippen molar-refractivity contribution in [3.05, 3.63) is 156 Å². The standard InChI is InChI=1S/C35H32N2O2/c38-34(27-18-19-27)28-20-22-33(23-21-28)39-24-10-17-32-25-37(26-36-32)35(29-11-4-1-5-12-29,30-13-6-2-7-14-30)31-15-8-3-9-16-31/h1-9,11-16,20-23,25-27H,10,17-19,24H2. The monoisotopic (exact) mass is 512 g/mol. The Bertz CT molecular complexity index is 1410. The van der Waals surface area contributed by atoms with Crippen LogP contribution in [0.3, 0.4) is 0 Å². The van der Waals surface area contributed by atoms with Gasteiger partial charge in [0, 0.05) is 17.7 Å². The third kappa shape index (κ3) is 5.15. The van der Waals surface area contributed by atoms with Crippen molar-refractivity contribution in [2.75, 3.05) is 6.61 Å². The zero-order chi connectivity index (χ0) is 26.5. The van der Waals surface area contributed by atoms with Gasteiger partial charge in [0.05, 0.1) is 18.6 Å². The fourth-order valence-electron chi connectivity index (χ4n) is 5.40. The lowest BCUT2D eigenvalue weighted by atomic mass is 9.77. The molecule has 194 valence electrons. The molecule has 1 saturated carbocycles. The Morgan fingerprint density at radius 1 is 0.769 bits per heavy atom. The second-order valence-electron chi connectivity index (χ2n) is 10.2. The SMILES string of the molecule is O=C(c1ccc(OCCCc2cn(C(c3ccccc3)(c3ccccc3)c3ccccc3)cn2)cc1)C1CC1. The highest BCUT2D eigenvalue weighted by Crippen LogP contribution is 2.40. The van der Waals surface area contributed by atoms with E-state index in [1.807, 2.05) is 30.6 Å². The lowest BCUT2D eigenvalue weighted by Crippen LogP contribution is -2.36. The number of hydrogen-bond acceptors (Lipinski definition) is 3. The van der Waals surface area contributed by atoms with Gasteiger partial charge in [-0.05, 0) is 66.6 Å². The van der Waals surface area contributed by atoms with Gasteiger partial charge in [-0.3, -0.25) is 4.79 Å². The molecule has 1 aliphatic carbocycles. The molecule has 0 amide bonds. The predicted molar refractivity (Wildman–Crippen MR) is 154 cm³/mol. The van der Waals surface area contributed by atoms with E-state index in [-0.39, 0.29) is 11.7 Å². The number of aromatic nitrogens is 2. The van der Waals surface area contributed by atoms with Gasteiger partial charge >= 0.3 is 0 Å². The smallest absolute Gasteiger partial charge is 0.165 e. The molecule has 1 fully saturated rings. The highest BCUT2D eigenvalue weighted by atomic mass is 16.5. The van der Waals surface area contributed by atoms with Gasteiger partial charge in [0.25, 0.3) is 0 Å². The number of imidazole rings is 1. The van der Waals surface area contributed by atoms with Crippen molar-refractivity contribution in [1.82, 2.24) is 9.55 Å². The maximum absolute atomic E-state index is 12.2. The fourth-order valence-corrected chi connectivity index (χ4v) is 5.40. The highest BCUT2D eigenvalue weighted by molar-refractivity contribution is 5.99. The van der Waals surface area contributed by atoms with Crippen LogP contribution in [-0.4, -0.2) is 21.9 Å². The molecule has 1 aliphatic rings. The second kappa shape index (κ2) is 11.1. The summed E-state index contributed by atoms with van der Waals surface area (Å²) in [6.45, 7) is 0.587. The van der Waals surface area contributed by atoms with Crippen molar-refractivity contribution in [1.29, 1.82) is 0 Å². The molecule has 1 heterocycles. The largest absolute Gasteiger partial charge is 0.494 e. The molecule has 4 nitrogen and oxygen atoms in total. The topological polar surface area (TPSA) is 44.1 Å². The van der Waals surface area contributed by atoms with Crippen LogP contribution < -0.4 is 4.74 Å². The minimum atomic E-state index is -0.550. The summed E-state index contributed by atoms with van der Waals surface area (Å²) >= 11 is 0. The molecule has 0 spiro atoms. The molecular formula is C35H32N2O2. The number of aryl methyl sites for hydroxylation is 1. The summed E-state index contributed by atoms with van der Waals surface area (Å²) in [6, 6.07) is 39.5. The average Bonchev–Trinajstić information content (AvgIpc) is 3.76. The molecule has 4 heteroatoms. The maximum atomic E-state index is 12.2. The maximum Gasteiger partial charge on any atom is 0.165 e. The Kier molecular flexibility index (Phi) is 7.09. The van der Waals surface area contributed by atoms with Crippen LogP contribution in [-0.2, 0) is 12.0 Å². The molecule has 0 bridgehead atoms. The third-order valence-corrected chi connectivity index (χ3v) is 7.53. The summed E-state index contributed by atoms with van der Waals surface area (Å²) < 4.78 is 8.22. The summed E-state index contributed by atoms with van der Waals surface area (Å²) in [5, 5.41) is 0. The summed E-state index contributed by atoms with van der Waals surface area (Å²) in [5.41, 5.74) is 4.80. The number of rotatable bonds is 11. The Morgan fingerprint density at radius 3 is 1.82 bits per heavy atom. The number of Topliss-reactive ketones (excluding diaryl/α,β-unsaturated/α-hetero) is 1. The van der Waals surface area contributed by atoms with Crippen LogP contribution >= 0.6 is 0 Å². The third-order valence-electron chi connectivity index (χ3n) is 7.53. The molecule has 0 N–H and O–H groups in total.